The minimum Gasteiger partial charge on any atom is -0.495 e. The molecule has 0 unspecified atom stereocenters. The second kappa shape index (κ2) is 10.4. The summed E-state index contributed by atoms with van der Waals surface area (Å²) in [6.45, 7) is -0.243. The predicted octanol–water partition coefficient (Wildman–Crippen LogP) is 5.41. The van der Waals surface area contributed by atoms with Gasteiger partial charge in [-0.05, 0) is 55.5 Å². The van der Waals surface area contributed by atoms with E-state index in [9.17, 15) is 14.4 Å². The Bertz CT molecular complexity index is 1300. The van der Waals surface area contributed by atoms with Gasteiger partial charge in [-0.2, -0.15) is 0 Å². The van der Waals surface area contributed by atoms with Gasteiger partial charge >= 0.3 is 0 Å². The Morgan fingerprint density at radius 3 is 2.24 bits per heavy atom. The quantitative estimate of drug-likeness (QED) is 0.548. The third-order valence-corrected chi connectivity index (χ3v) is 7.57. The summed E-state index contributed by atoms with van der Waals surface area (Å²) in [7, 11) is 3.50. The zero-order valence-electron chi connectivity index (χ0n) is 20.9. The number of ketones is 2. The van der Waals surface area contributed by atoms with Crippen LogP contribution < -0.4 is 14.8 Å². The number of hydrogen-bond donors (Lipinski definition) is 1. The summed E-state index contributed by atoms with van der Waals surface area (Å²) in [6.07, 6.45) is 4.22. The lowest BCUT2D eigenvalue weighted by Gasteiger charge is -2.42. The molecule has 37 heavy (non-hydrogen) atoms. The molecule has 2 aliphatic carbocycles. The Morgan fingerprint density at radius 1 is 0.973 bits per heavy atom. The number of nitrogens with one attached hydrogen (secondary N) is 1. The lowest BCUT2D eigenvalue weighted by atomic mass is 9.71. The number of Topliss-reactive ketones (excluding diaryl/α,β-unsaturated/α-hetero) is 2. The van der Waals surface area contributed by atoms with E-state index in [1.807, 2.05) is 19.2 Å². The number of amides is 1. The second-order valence-electron chi connectivity index (χ2n) is 9.49. The number of anilines is 1. The van der Waals surface area contributed by atoms with E-state index in [1.54, 1.807) is 30.3 Å². The summed E-state index contributed by atoms with van der Waals surface area (Å²) in [4.78, 5) is 40.8. The molecule has 1 aliphatic heterocycles. The number of methoxy groups -OCH3 is 1. The molecule has 192 valence electrons. The molecule has 1 N–H and O–H groups in total. The largest absolute Gasteiger partial charge is 0.495 e. The zero-order valence-corrected chi connectivity index (χ0v) is 21.7. The van der Waals surface area contributed by atoms with Crippen LogP contribution in [0.1, 0.15) is 50.0 Å². The topological polar surface area (TPSA) is 84.9 Å². The van der Waals surface area contributed by atoms with Crippen molar-refractivity contribution in [2.45, 2.75) is 44.4 Å². The van der Waals surface area contributed by atoms with Crippen LogP contribution in [-0.2, 0) is 14.4 Å². The molecule has 0 atom stereocenters. The van der Waals surface area contributed by atoms with Crippen LogP contribution in [-0.4, -0.2) is 43.1 Å². The third-order valence-electron chi connectivity index (χ3n) is 7.27. The van der Waals surface area contributed by atoms with Crippen molar-refractivity contribution in [3.63, 3.8) is 0 Å². The fraction of sp³-hybridized carbons (Fsp3) is 0.345. The molecule has 2 aromatic rings. The van der Waals surface area contributed by atoms with Crippen LogP contribution in [0.5, 0.6) is 11.5 Å². The van der Waals surface area contributed by atoms with Crippen molar-refractivity contribution < 1.29 is 23.9 Å². The van der Waals surface area contributed by atoms with E-state index in [-0.39, 0.29) is 24.1 Å². The molecule has 0 saturated carbocycles. The van der Waals surface area contributed by atoms with Gasteiger partial charge in [0.2, 0.25) is 0 Å². The number of rotatable bonds is 6. The molecule has 2 aromatic carbocycles. The number of halogens is 1. The molecular weight excluding hydrogens is 492 g/mol. The van der Waals surface area contributed by atoms with E-state index >= 15 is 0 Å². The molecule has 7 nitrogen and oxygen atoms in total. The zero-order chi connectivity index (χ0) is 26.1. The Kier molecular flexibility index (Phi) is 7.07. The van der Waals surface area contributed by atoms with Crippen LogP contribution >= 0.6 is 11.6 Å². The van der Waals surface area contributed by atoms with Crippen molar-refractivity contribution in [2.24, 2.45) is 0 Å². The van der Waals surface area contributed by atoms with Crippen molar-refractivity contribution >= 4 is 34.8 Å². The van der Waals surface area contributed by atoms with Gasteiger partial charge in [0.1, 0.15) is 11.5 Å². The molecule has 1 amide bonds. The average molecular weight is 521 g/mol. The monoisotopic (exact) mass is 520 g/mol. The van der Waals surface area contributed by atoms with Gasteiger partial charge in [-0.1, -0.05) is 29.8 Å². The molecule has 0 spiro atoms. The normalized spacial score (nSPS) is 18.0. The minimum atomic E-state index is -0.429. The first-order valence-electron chi connectivity index (χ1n) is 12.5. The molecule has 1 heterocycles. The molecular formula is C29H29ClN2O5. The fourth-order valence-corrected chi connectivity index (χ4v) is 5.82. The molecule has 0 aromatic heterocycles. The minimum absolute atomic E-state index is 0.0903. The summed E-state index contributed by atoms with van der Waals surface area (Å²) in [5.74, 6) is 0.294. The van der Waals surface area contributed by atoms with Gasteiger partial charge in [0.15, 0.2) is 18.2 Å². The van der Waals surface area contributed by atoms with Crippen LogP contribution in [0.4, 0.5) is 5.69 Å². The van der Waals surface area contributed by atoms with Gasteiger partial charge < -0.3 is 19.7 Å². The van der Waals surface area contributed by atoms with Gasteiger partial charge in [-0.15, -0.1) is 0 Å². The molecule has 0 bridgehead atoms. The number of nitrogens with zero attached hydrogens (tertiary/aromatic N) is 1. The first-order chi connectivity index (χ1) is 17.9. The summed E-state index contributed by atoms with van der Waals surface area (Å²) < 4.78 is 11.0. The van der Waals surface area contributed by atoms with E-state index in [0.717, 1.165) is 42.6 Å². The number of hydrogen-bond acceptors (Lipinski definition) is 6. The summed E-state index contributed by atoms with van der Waals surface area (Å²) in [6, 6.07) is 12.4. The summed E-state index contributed by atoms with van der Waals surface area (Å²) in [5.41, 5.74) is 4.78. The van der Waals surface area contributed by atoms with Crippen LogP contribution in [0.3, 0.4) is 0 Å². The van der Waals surface area contributed by atoms with Gasteiger partial charge in [-0.25, -0.2) is 0 Å². The SMILES string of the molecule is COc1ccccc1NC(=O)COc1ccc(C2C3=C(CCCC3=O)N(C)C3=C2C(=O)CCC3)cc1Cl. The van der Waals surface area contributed by atoms with Gasteiger partial charge in [-0.3, -0.25) is 14.4 Å². The molecule has 3 aliphatic rings. The number of allylic oxidation sites excluding steroid dienone is 4. The second-order valence-corrected chi connectivity index (χ2v) is 9.90. The maximum absolute atomic E-state index is 13.1. The predicted molar refractivity (Wildman–Crippen MR) is 141 cm³/mol. The van der Waals surface area contributed by atoms with Crippen LogP contribution in [0, 0.1) is 0 Å². The first-order valence-corrected chi connectivity index (χ1v) is 12.9. The van der Waals surface area contributed by atoms with Gasteiger partial charge in [0.25, 0.3) is 5.91 Å². The first kappa shape index (κ1) is 25.1. The van der Waals surface area contributed by atoms with Crippen LogP contribution in [0.2, 0.25) is 5.02 Å². The lowest BCUT2D eigenvalue weighted by Crippen LogP contribution is -2.37. The number of para-hydroxylation sites is 2. The maximum Gasteiger partial charge on any atom is 0.262 e. The third kappa shape index (κ3) is 4.76. The van der Waals surface area contributed by atoms with Crippen molar-refractivity contribution in [1.29, 1.82) is 0 Å². The molecule has 8 heteroatoms. The Labute approximate surface area is 221 Å². The van der Waals surface area contributed by atoms with Crippen molar-refractivity contribution in [1.82, 2.24) is 4.90 Å². The lowest BCUT2D eigenvalue weighted by molar-refractivity contribution is -0.118. The highest BCUT2D eigenvalue weighted by Gasteiger charge is 2.42. The fourth-order valence-electron chi connectivity index (χ4n) is 5.58. The van der Waals surface area contributed by atoms with Crippen LogP contribution in [0.15, 0.2) is 65.0 Å². The van der Waals surface area contributed by atoms with E-state index < -0.39 is 5.92 Å². The smallest absolute Gasteiger partial charge is 0.262 e. The van der Waals surface area contributed by atoms with Gasteiger partial charge in [0.05, 0.1) is 17.8 Å². The highest BCUT2D eigenvalue weighted by molar-refractivity contribution is 6.32. The maximum atomic E-state index is 13.1. The molecule has 5 rings (SSSR count). The van der Waals surface area contributed by atoms with E-state index in [0.29, 0.717) is 46.2 Å². The summed E-state index contributed by atoms with van der Waals surface area (Å²) >= 11 is 6.60. The Balaban J connectivity index is 1.40. The Hall–Kier alpha value is -3.58. The van der Waals surface area contributed by atoms with Gasteiger partial charge in [0, 0.05) is 48.3 Å². The molecule has 0 radical (unpaired) electrons. The number of benzene rings is 2. The number of ether oxygens (including phenoxy) is 2. The molecule has 0 saturated heterocycles. The highest BCUT2D eigenvalue weighted by Crippen LogP contribution is 2.49. The van der Waals surface area contributed by atoms with Crippen molar-refractivity contribution in [3.05, 3.63) is 75.6 Å². The standard InChI is InChI=1S/C29H29ClN2O5/c1-32-20-8-5-10-22(33)28(20)27(29-21(32)9-6-11-23(29)34)17-13-14-24(18(30)15-17)37-16-26(35)31-19-7-3-4-12-25(19)36-2/h3-4,7,12-15,27H,5-6,8-11,16H2,1-2H3,(H,31,35). The number of carbonyl (C=O) groups is 3. The van der Waals surface area contributed by atoms with E-state index in [4.69, 9.17) is 21.1 Å². The van der Waals surface area contributed by atoms with Crippen molar-refractivity contribution in [3.8, 4) is 11.5 Å². The van der Waals surface area contributed by atoms with E-state index in [2.05, 4.69) is 10.2 Å². The Morgan fingerprint density at radius 2 is 1.62 bits per heavy atom. The van der Waals surface area contributed by atoms with Crippen molar-refractivity contribution in [2.75, 3.05) is 26.1 Å². The van der Waals surface area contributed by atoms with Crippen LogP contribution in [0.25, 0.3) is 0 Å². The molecule has 0 fully saturated rings. The number of carbonyl (C=O) groups excluding carboxylic acids is 3. The average Bonchev–Trinajstić information content (AvgIpc) is 2.89. The highest BCUT2D eigenvalue weighted by atomic mass is 35.5. The summed E-state index contributed by atoms with van der Waals surface area (Å²) in [5, 5.41) is 3.08. The van der Waals surface area contributed by atoms with E-state index in [1.165, 1.54) is 7.11 Å².